The van der Waals surface area contributed by atoms with Crippen LogP contribution in [0.1, 0.15) is 76.4 Å². The number of phosphoric acid groups is 3. The predicted octanol–water partition coefficient (Wildman–Crippen LogP) is 6.28. The van der Waals surface area contributed by atoms with Gasteiger partial charge in [-0.3, -0.25) is 24.2 Å². The Morgan fingerprint density at radius 3 is 2.47 bits per heavy atom. The molecule has 0 radical (unpaired) electrons. The number of aromatic nitrogens is 3. The van der Waals surface area contributed by atoms with Crippen LogP contribution < -0.4 is 16.5 Å². The van der Waals surface area contributed by atoms with Gasteiger partial charge in [-0.1, -0.05) is 25.7 Å². The van der Waals surface area contributed by atoms with Crippen LogP contribution in [0.3, 0.4) is 0 Å². The Bertz CT molecular complexity index is 3720. The topological polar surface area (TPSA) is 415 Å². The molecule has 1 aliphatic carbocycles. The number of ether oxygens (including phenoxy) is 2. The number of fused-ring (bicyclic) bond motifs is 3. The number of carbonyl (C=O) groups excluding carboxylic acids is 1. The Morgan fingerprint density at radius 2 is 1.75 bits per heavy atom. The van der Waals surface area contributed by atoms with Gasteiger partial charge >= 0.3 is 29.4 Å². The van der Waals surface area contributed by atoms with Gasteiger partial charge in [0.2, 0.25) is 0 Å². The number of nitrogens with one attached hydrogen (secondary N) is 1. The molecule has 0 saturated carbocycles. The van der Waals surface area contributed by atoms with E-state index >= 15 is 0 Å². The van der Waals surface area contributed by atoms with Crippen molar-refractivity contribution in [3.8, 4) is 40.0 Å². The van der Waals surface area contributed by atoms with Gasteiger partial charge in [-0.2, -0.15) is 8.62 Å². The first-order valence-corrected chi connectivity index (χ1v) is 27.2. The summed E-state index contributed by atoms with van der Waals surface area (Å²) < 4.78 is 66.8. The van der Waals surface area contributed by atoms with Gasteiger partial charge in [0.05, 0.1) is 53.4 Å². The minimum atomic E-state index is -5.81. The lowest BCUT2D eigenvalue weighted by Gasteiger charge is -2.20. The predicted molar refractivity (Wildman–Crippen MR) is 269 cm³/mol. The van der Waals surface area contributed by atoms with Crippen molar-refractivity contribution in [2.45, 2.75) is 57.8 Å². The number of aliphatic hydroxyl groups is 1. The number of nitrogens with zero attached hydrogens (tertiary/aromatic N) is 4. The highest BCUT2D eigenvalue weighted by Crippen LogP contribution is 2.66. The maximum absolute atomic E-state index is 13.5. The second kappa shape index (κ2) is 22.4. The Kier molecular flexibility index (Phi) is 16.3. The van der Waals surface area contributed by atoms with Crippen LogP contribution in [-0.2, 0) is 42.9 Å². The summed E-state index contributed by atoms with van der Waals surface area (Å²) in [5, 5.41) is 47.2. The quantitative estimate of drug-likeness (QED) is 0.0141. The van der Waals surface area contributed by atoms with Crippen molar-refractivity contribution in [2.24, 2.45) is 5.92 Å². The molecule has 5 aromatic rings. The number of carboxylic acids is 1. The van der Waals surface area contributed by atoms with Crippen LogP contribution in [0.5, 0.6) is 5.75 Å². The van der Waals surface area contributed by atoms with Crippen LogP contribution >= 0.6 is 23.5 Å². The number of nitrogen functional groups attached to an aromatic ring is 1. The van der Waals surface area contributed by atoms with E-state index in [1.165, 1.54) is 77.5 Å². The number of nitro benzene ring substituents is 1. The number of anilines is 1. The molecule has 6 atom stereocenters. The van der Waals surface area contributed by atoms with Crippen LogP contribution in [0.15, 0.2) is 94.5 Å². The second-order valence-corrected chi connectivity index (χ2v) is 22.1. The van der Waals surface area contributed by atoms with Crippen molar-refractivity contribution in [3.63, 3.8) is 0 Å². The smallest absolute Gasteiger partial charge is 0.490 e. The first kappa shape index (κ1) is 56.0. The van der Waals surface area contributed by atoms with E-state index in [2.05, 4.69) is 40.3 Å². The average Bonchev–Trinajstić information content (AvgIpc) is 3.92. The van der Waals surface area contributed by atoms with Crippen molar-refractivity contribution in [2.75, 3.05) is 18.9 Å². The Labute approximate surface area is 433 Å². The van der Waals surface area contributed by atoms with Crippen LogP contribution in [0, 0.1) is 27.9 Å². The number of nitrogens with two attached hydrogens (primary N) is 1. The highest BCUT2D eigenvalue weighted by molar-refractivity contribution is 7.66. The molecule has 0 spiro atoms. The lowest BCUT2D eigenvalue weighted by Crippen LogP contribution is -2.26. The highest BCUT2D eigenvalue weighted by Gasteiger charge is 2.43. The number of hydrogen-bond donors (Lipinski definition) is 9. The number of nitro groups is 1. The first-order valence-electron chi connectivity index (χ1n) is 22.7. The molecule has 30 heteroatoms. The number of aliphatic hydroxyl groups excluding tert-OH is 1. The fourth-order valence-electron chi connectivity index (χ4n) is 8.58. The molecule has 3 aliphatic rings. The number of carbonyl (C=O) groups is 2. The third-order valence-electron chi connectivity index (χ3n) is 11.8. The minimum Gasteiger partial charge on any atom is -0.508 e. The zero-order valence-corrected chi connectivity index (χ0v) is 42.7. The molecule has 1 fully saturated rings. The van der Waals surface area contributed by atoms with Gasteiger partial charge in [-0.15, -0.1) is 0 Å². The molecule has 1 amide bonds. The van der Waals surface area contributed by atoms with Gasteiger partial charge in [-0.05, 0) is 72.5 Å². The minimum absolute atomic E-state index is 0.0102. The highest BCUT2D eigenvalue weighted by atomic mass is 31.3. The molecule has 10 N–H and O–H groups in total. The largest absolute Gasteiger partial charge is 0.508 e. The van der Waals surface area contributed by atoms with Gasteiger partial charge < -0.3 is 64.4 Å². The zero-order valence-electron chi connectivity index (χ0n) is 40.1. The van der Waals surface area contributed by atoms with Gasteiger partial charge in [0.25, 0.3) is 11.6 Å². The monoisotopic (exact) mass is 1120 g/mol. The lowest BCUT2D eigenvalue weighted by molar-refractivity contribution is -0.386. The maximum atomic E-state index is 13.5. The molecule has 2 aliphatic heterocycles. The van der Waals surface area contributed by atoms with Crippen molar-refractivity contribution < 1.29 is 90.1 Å². The number of carboxylic acid groups (broad SMARTS) is 1. The molecule has 77 heavy (non-hydrogen) atoms. The molecular formula is C47H45N6O21P3. The summed E-state index contributed by atoms with van der Waals surface area (Å²) in [7, 11) is -17.0. The van der Waals surface area contributed by atoms with Crippen molar-refractivity contribution in [3.05, 3.63) is 133 Å². The SMILES string of the molecule is CC(C)C[C@@H](OCc1cn([C@H]2C[C@@H](O)[C@@H](COP(=O)(O)OP(=O)(O)OP(=O)(O)O)O2)c2ncnc(N)c12)c1ccc(C#CCNC(=O)c2ccc(C(=O)O)c(-c3c4ccc(=O)cc-4oc4cc(O)ccc34)c2)cc1[N+](=O)[O-]. The molecule has 2 aromatic heterocycles. The molecule has 8 rings (SSSR count). The number of aromatic carboxylic acids is 1. The van der Waals surface area contributed by atoms with Gasteiger partial charge in [0.1, 0.15) is 47.2 Å². The van der Waals surface area contributed by atoms with Gasteiger partial charge in [-0.25, -0.2) is 28.5 Å². The summed E-state index contributed by atoms with van der Waals surface area (Å²) in [5.41, 5.74) is 7.49. The van der Waals surface area contributed by atoms with E-state index in [1.807, 2.05) is 13.8 Å². The van der Waals surface area contributed by atoms with Crippen molar-refractivity contribution >= 4 is 68.9 Å². The number of rotatable bonds is 19. The van der Waals surface area contributed by atoms with Crippen LogP contribution in [0.25, 0.3) is 44.5 Å². The van der Waals surface area contributed by atoms with Gasteiger partial charge in [0.15, 0.2) is 5.43 Å². The van der Waals surface area contributed by atoms with E-state index in [-0.39, 0.29) is 93.0 Å². The third kappa shape index (κ3) is 13.1. The number of benzene rings is 4. The maximum Gasteiger partial charge on any atom is 0.490 e. The van der Waals surface area contributed by atoms with E-state index in [0.29, 0.717) is 33.9 Å². The van der Waals surface area contributed by atoms with Crippen LogP contribution in [0.2, 0.25) is 0 Å². The van der Waals surface area contributed by atoms with Crippen LogP contribution in [0.4, 0.5) is 11.5 Å². The summed E-state index contributed by atoms with van der Waals surface area (Å²) in [5.74, 6) is 3.60. The zero-order chi connectivity index (χ0) is 55.7. The third-order valence-corrected chi connectivity index (χ3v) is 15.6. The van der Waals surface area contributed by atoms with E-state index < -0.39 is 71.4 Å². The number of hydrogen-bond acceptors (Lipinski definition) is 19. The molecule has 2 unspecified atom stereocenters. The fraction of sp³-hybridized carbons (Fsp3) is 0.255. The van der Waals surface area contributed by atoms with Gasteiger partial charge in [0, 0.05) is 64.0 Å². The second-order valence-electron chi connectivity index (χ2n) is 17.7. The number of amides is 1. The number of phenolic OH excluding ortho intramolecular Hbond substituents is 1. The molecule has 4 heterocycles. The molecule has 3 aromatic carbocycles. The summed E-state index contributed by atoms with van der Waals surface area (Å²) in [6.45, 7) is 2.39. The summed E-state index contributed by atoms with van der Waals surface area (Å²) in [6.07, 6.45) is -1.89. The Hall–Kier alpha value is -7.24. The molecule has 404 valence electrons. The Morgan fingerprint density at radius 1 is 0.987 bits per heavy atom. The fourth-order valence-corrected chi connectivity index (χ4v) is 11.6. The van der Waals surface area contributed by atoms with E-state index in [9.17, 15) is 63.3 Å². The summed E-state index contributed by atoms with van der Waals surface area (Å²) >= 11 is 0. The normalized spacial score (nSPS) is 17.7. The average molecular weight is 1120 g/mol. The summed E-state index contributed by atoms with van der Waals surface area (Å²) in [6, 6.07) is 16.5. The molecule has 27 nitrogen and oxygen atoms in total. The standard InChI is InChI=1S/C47H45N6O21P3/c1-24(2)14-37(69-21-27-20-52(45-42(27)44(48)50-23-51-45)41-19-36(56)40(72-41)22-70-76(65,66)74-77(67,68)73-75(62,63)64)31-9-5-25(15-35(31)53(60)61)4-3-13-49-46(57)26-6-10-30(47(58)59)34(16-26)43-32-11-7-28(54)17-38(32)71-39-18-29(55)8-12-33(39)43/h5-12,15-18,20,23-24,36-37,40-41,54,56H,13-14,19,21-22H2,1-2H3,(H,49,57)(H,58,59)(H,65,66)(H,67,68)(H2,48,50,51)(H2,62,63,64)/t36-,37-,40-,41-/m1/s1. The number of phenols is 1. The van der Waals surface area contributed by atoms with Crippen molar-refractivity contribution in [1.29, 1.82) is 0 Å². The molecular weight excluding hydrogens is 1080 g/mol. The Balaban J connectivity index is 0.976. The van der Waals surface area contributed by atoms with Crippen molar-refractivity contribution in [1.82, 2.24) is 19.9 Å². The first-order chi connectivity index (χ1) is 36.3. The summed E-state index contributed by atoms with van der Waals surface area (Å²) in [4.78, 5) is 95.7. The van der Waals surface area contributed by atoms with E-state index in [4.69, 9.17) is 29.4 Å². The van der Waals surface area contributed by atoms with E-state index in [1.54, 1.807) is 6.07 Å². The molecule has 1 saturated heterocycles. The van der Waals surface area contributed by atoms with Crippen LogP contribution in [-0.4, -0.2) is 91.6 Å². The number of aromatic hydroxyl groups is 1. The van der Waals surface area contributed by atoms with E-state index in [0.717, 1.165) is 6.33 Å². The lowest BCUT2D eigenvalue weighted by atomic mass is 9.89. The molecule has 0 bridgehead atoms. The number of phosphoric ester groups is 1.